The van der Waals surface area contributed by atoms with Crippen molar-refractivity contribution in [1.82, 2.24) is 0 Å². The van der Waals surface area contributed by atoms with Crippen molar-refractivity contribution in [3.05, 3.63) is 65.7 Å². The number of carbonyl (C=O) groups is 2. The molecule has 1 atom stereocenters. The van der Waals surface area contributed by atoms with E-state index in [2.05, 4.69) is 5.32 Å². The Balaban J connectivity index is 2.03. The molecule has 3 nitrogen and oxygen atoms in total. The van der Waals surface area contributed by atoms with Crippen LogP contribution >= 0.6 is 0 Å². The number of hydrogen-bond donors (Lipinski definition) is 1. The van der Waals surface area contributed by atoms with Gasteiger partial charge in [0, 0.05) is 11.3 Å². The highest BCUT2D eigenvalue weighted by molar-refractivity contribution is 6.21. The van der Waals surface area contributed by atoms with Gasteiger partial charge in [0.25, 0.3) is 0 Å². The van der Waals surface area contributed by atoms with Gasteiger partial charge in [-0.2, -0.15) is 0 Å². The first-order valence-electron chi connectivity index (χ1n) is 5.76. The molecule has 0 saturated heterocycles. The van der Waals surface area contributed by atoms with Crippen molar-refractivity contribution >= 4 is 17.4 Å². The molecule has 2 aromatic rings. The summed E-state index contributed by atoms with van der Waals surface area (Å²) >= 11 is 0. The fraction of sp³-hybridized carbons (Fsp3) is 0.0667. The number of carbonyl (C=O) groups excluding carboxylic acids is 2. The average molecular weight is 237 g/mol. The zero-order chi connectivity index (χ0) is 12.5. The van der Waals surface area contributed by atoms with Gasteiger partial charge in [-0.1, -0.05) is 48.5 Å². The molecule has 1 aliphatic rings. The van der Waals surface area contributed by atoms with Gasteiger partial charge in [0.1, 0.15) is 5.92 Å². The van der Waals surface area contributed by atoms with Crippen LogP contribution in [0.15, 0.2) is 54.6 Å². The molecule has 18 heavy (non-hydrogen) atoms. The second kappa shape index (κ2) is 4.11. The minimum Gasteiger partial charge on any atom is -0.325 e. The Kier molecular flexibility index (Phi) is 2.45. The molecule has 88 valence electrons. The largest absolute Gasteiger partial charge is 0.325 e. The molecule has 0 bridgehead atoms. The van der Waals surface area contributed by atoms with Crippen molar-refractivity contribution in [3.63, 3.8) is 0 Å². The SMILES string of the molecule is O=C1Nc2ccccc2C1C(=O)c1ccccc1. The molecule has 0 radical (unpaired) electrons. The molecule has 0 saturated carbocycles. The molecular formula is C15H11NO2. The quantitative estimate of drug-likeness (QED) is 0.644. The van der Waals surface area contributed by atoms with Gasteiger partial charge in [0.2, 0.25) is 5.91 Å². The standard InChI is InChI=1S/C15H11NO2/c17-14(10-6-2-1-3-7-10)13-11-8-4-5-9-12(11)16-15(13)18/h1-9,13H,(H,16,18). The van der Waals surface area contributed by atoms with E-state index in [1.807, 2.05) is 30.3 Å². The molecule has 1 aliphatic heterocycles. The van der Waals surface area contributed by atoms with Crippen molar-refractivity contribution in [2.75, 3.05) is 5.32 Å². The highest BCUT2D eigenvalue weighted by Crippen LogP contribution is 2.34. The number of para-hydroxylation sites is 1. The van der Waals surface area contributed by atoms with Gasteiger partial charge < -0.3 is 5.32 Å². The fourth-order valence-corrected chi connectivity index (χ4v) is 2.24. The summed E-state index contributed by atoms with van der Waals surface area (Å²) in [5.41, 5.74) is 2.06. The zero-order valence-corrected chi connectivity index (χ0v) is 9.59. The smallest absolute Gasteiger partial charge is 0.239 e. The van der Waals surface area contributed by atoms with Crippen LogP contribution in [0.5, 0.6) is 0 Å². The van der Waals surface area contributed by atoms with Gasteiger partial charge in [-0.15, -0.1) is 0 Å². The van der Waals surface area contributed by atoms with Crippen LogP contribution in [0.2, 0.25) is 0 Å². The summed E-state index contributed by atoms with van der Waals surface area (Å²) in [6.45, 7) is 0. The van der Waals surface area contributed by atoms with Crippen LogP contribution in [0.1, 0.15) is 21.8 Å². The lowest BCUT2D eigenvalue weighted by molar-refractivity contribution is -0.116. The third-order valence-electron chi connectivity index (χ3n) is 3.11. The minimum atomic E-state index is -0.719. The van der Waals surface area contributed by atoms with Crippen molar-refractivity contribution in [2.45, 2.75) is 5.92 Å². The summed E-state index contributed by atoms with van der Waals surface area (Å²) < 4.78 is 0. The van der Waals surface area contributed by atoms with Crippen LogP contribution in [0.4, 0.5) is 5.69 Å². The Labute approximate surface area is 104 Å². The monoisotopic (exact) mass is 237 g/mol. The summed E-state index contributed by atoms with van der Waals surface area (Å²) in [4.78, 5) is 24.3. The Morgan fingerprint density at radius 1 is 0.944 bits per heavy atom. The Hall–Kier alpha value is -2.42. The van der Waals surface area contributed by atoms with E-state index in [4.69, 9.17) is 0 Å². The number of nitrogens with one attached hydrogen (secondary N) is 1. The topological polar surface area (TPSA) is 46.2 Å². The predicted octanol–water partition coefficient (Wildman–Crippen LogP) is 2.61. The first kappa shape index (κ1) is 10.7. The molecule has 3 rings (SSSR count). The normalized spacial score (nSPS) is 17.1. The number of anilines is 1. The average Bonchev–Trinajstić information content (AvgIpc) is 2.75. The lowest BCUT2D eigenvalue weighted by atomic mass is 9.92. The first-order chi connectivity index (χ1) is 8.77. The maximum Gasteiger partial charge on any atom is 0.239 e. The second-order valence-corrected chi connectivity index (χ2v) is 4.24. The zero-order valence-electron chi connectivity index (χ0n) is 9.59. The molecule has 3 heteroatoms. The molecule has 1 unspecified atom stereocenters. The Morgan fingerprint density at radius 2 is 1.61 bits per heavy atom. The highest BCUT2D eigenvalue weighted by Gasteiger charge is 2.36. The number of benzene rings is 2. The molecule has 1 heterocycles. The third kappa shape index (κ3) is 1.61. The lowest BCUT2D eigenvalue weighted by Crippen LogP contribution is -2.20. The van der Waals surface area contributed by atoms with Crippen LogP contribution in [-0.2, 0) is 4.79 Å². The van der Waals surface area contributed by atoms with Gasteiger partial charge in [0.05, 0.1) is 0 Å². The van der Waals surface area contributed by atoms with Crippen molar-refractivity contribution in [1.29, 1.82) is 0 Å². The summed E-state index contributed by atoms with van der Waals surface area (Å²) in [6, 6.07) is 16.2. The van der Waals surface area contributed by atoms with E-state index in [9.17, 15) is 9.59 Å². The third-order valence-corrected chi connectivity index (χ3v) is 3.11. The van der Waals surface area contributed by atoms with E-state index in [0.717, 1.165) is 11.3 Å². The summed E-state index contributed by atoms with van der Waals surface area (Å²) in [5, 5.41) is 2.74. The molecule has 1 N–H and O–H groups in total. The maximum atomic E-state index is 12.4. The number of hydrogen-bond acceptors (Lipinski definition) is 2. The molecule has 1 amide bonds. The van der Waals surface area contributed by atoms with E-state index < -0.39 is 5.92 Å². The van der Waals surface area contributed by atoms with Crippen LogP contribution in [0.25, 0.3) is 0 Å². The Morgan fingerprint density at radius 3 is 2.39 bits per heavy atom. The number of fused-ring (bicyclic) bond motifs is 1. The number of rotatable bonds is 2. The summed E-state index contributed by atoms with van der Waals surface area (Å²) in [7, 11) is 0. The van der Waals surface area contributed by atoms with E-state index in [-0.39, 0.29) is 11.7 Å². The lowest BCUT2D eigenvalue weighted by Gasteiger charge is -2.07. The molecule has 2 aromatic carbocycles. The van der Waals surface area contributed by atoms with Gasteiger partial charge in [-0.25, -0.2) is 0 Å². The van der Waals surface area contributed by atoms with E-state index >= 15 is 0 Å². The number of Topliss-reactive ketones (excluding diaryl/α,β-unsaturated/α-hetero) is 1. The van der Waals surface area contributed by atoms with Crippen LogP contribution in [0.3, 0.4) is 0 Å². The van der Waals surface area contributed by atoms with Crippen molar-refractivity contribution in [2.24, 2.45) is 0 Å². The van der Waals surface area contributed by atoms with Gasteiger partial charge in [-0.3, -0.25) is 9.59 Å². The van der Waals surface area contributed by atoms with E-state index in [1.54, 1.807) is 24.3 Å². The van der Waals surface area contributed by atoms with E-state index in [1.165, 1.54) is 0 Å². The molecule has 0 aliphatic carbocycles. The van der Waals surface area contributed by atoms with Crippen LogP contribution < -0.4 is 5.32 Å². The van der Waals surface area contributed by atoms with Crippen LogP contribution in [-0.4, -0.2) is 11.7 Å². The summed E-state index contributed by atoms with van der Waals surface area (Å²) in [6.07, 6.45) is 0. The molecule has 0 spiro atoms. The second-order valence-electron chi connectivity index (χ2n) is 4.24. The number of amides is 1. The van der Waals surface area contributed by atoms with Gasteiger partial charge in [0.15, 0.2) is 5.78 Å². The molecular weight excluding hydrogens is 226 g/mol. The highest BCUT2D eigenvalue weighted by atomic mass is 16.2. The van der Waals surface area contributed by atoms with E-state index in [0.29, 0.717) is 5.56 Å². The fourth-order valence-electron chi connectivity index (χ4n) is 2.24. The predicted molar refractivity (Wildman–Crippen MR) is 68.6 cm³/mol. The minimum absolute atomic E-state index is 0.155. The van der Waals surface area contributed by atoms with Gasteiger partial charge >= 0.3 is 0 Å². The van der Waals surface area contributed by atoms with Crippen LogP contribution in [0, 0.1) is 0 Å². The summed E-state index contributed by atoms with van der Waals surface area (Å²) in [5.74, 6) is -1.12. The maximum absolute atomic E-state index is 12.4. The van der Waals surface area contributed by atoms with Crippen molar-refractivity contribution < 1.29 is 9.59 Å². The van der Waals surface area contributed by atoms with Crippen molar-refractivity contribution in [3.8, 4) is 0 Å². The van der Waals surface area contributed by atoms with Gasteiger partial charge in [-0.05, 0) is 11.6 Å². The molecule has 0 aromatic heterocycles. The Bertz CT molecular complexity index is 619. The molecule has 0 fully saturated rings. The number of ketones is 1. The first-order valence-corrected chi connectivity index (χ1v) is 5.76.